The lowest BCUT2D eigenvalue weighted by molar-refractivity contribution is 0.556. The van der Waals surface area contributed by atoms with Crippen LogP contribution in [0.15, 0.2) is 57.7 Å². The van der Waals surface area contributed by atoms with Crippen LogP contribution in [0.3, 0.4) is 0 Å². The Morgan fingerprint density at radius 3 is 2.81 bits per heavy atom. The van der Waals surface area contributed by atoms with E-state index >= 15 is 0 Å². The number of nitrogens with zero attached hydrogens (tertiary/aromatic N) is 1. The van der Waals surface area contributed by atoms with Crippen LogP contribution in [0.2, 0.25) is 0 Å². The van der Waals surface area contributed by atoms with E-state index in [-0.39, 0.29) is 5.58 Å². The summed E-state index contributed by atoms with van der Waals surface area (Å²) in [5.41, 5.74) is 1.61. The Morgan fingerprint density at radius 2 is 1.95 bits per heavy atom. The molecule has 2 aromatic heterocycles. The summed E-state index contributed by atoms with van der Waals surface area (Å²) in [6.45, 7) is 0. The van der Waals surface area contributed by atoms with E-state index in [2.05, 4.69) is 9.97 Å². The Hall–Kier alpha value is -2.95. The smallest absolute Gasteiger partial charge is 0.347 e. The van der Waals surface area contributed by atoms with E-state index in [1.807, 2.05) is 24.3 Å². The third-order valence-electron chi connectivity index (χ3n) is 3.34. The van der Waals surface area contributed by atoms with Gasteiger partial charge in [0.2, 0.25) is 0 Å². The molecule has 0 saturated carbocycles. The molecule has 0 atom stereocenters. The first-order chi connectivity index (χ1) is 10.2. The summed E-state index contributed by atoms with van der Waals surface area (Å²) in [6.07, 6.45) is 0. The summed E-state index contributed by atoms with van der Waals surface area (Å²) in [5.74, 6) is -0.00156. The molecule has 0 amide bonds. The van der Waals surface area contributed by atoms with Crippen LogP contribution in [0.4, 0.5) is 4.39 Å². The maximum Gasteiger partial charge on any atom is 0.347 e. The molecule has 0 radical (unpaired) electrons. The van der Waals surface area contributed by atoms with E-state index in [1.165, 1.54) is 12.1 Å². The quantitative estimate of drug-likeness (QED) is 0.543. The van der Waals surface area contributed by atoms with Gasteiger partial charge in [0.05, 0.1) is 11.0 Å². The molecule has 5 heteroatoms. The molecule has 0 saturated heterocycles. The summed E-state index contributed by atoms with van der Waals surface area (Å²) >= 11 is 0. The van der Waals surface area contributed by atoms with Gasteiger partial charge in [-0.25, -0.2) is 14.2 Å². The summed E-state index contributed by atoms with van der Waals surface area (Å²) in [6, 6.07) is 13.2. The van der Waals surface area contributed by atoms with Crippen LogP contribution in [-0.2, 0) is 0 Å². The number of halogens is 1. The van der Waals surface area contributed by atoms with Crippen molar-refractivity contribution in [3.8, 4) is 11.4 Å². The minimum atomic E-state index is -0.549. The lowest BCUT2D eigenvalue weighted by atomic mass is 10.2. The number of aromatic nitrogens is 2. The number of hydrogen-bond donors (Lipinski definition) is 1. The highest BCUT2D eigenvalue weighted by Gasteiger charge is 2.12. The lowest BCUT2D eigenvalue weighted by Crippen LogP contribution is -2.03. The Balaban J connectivity index is 1.99. The number of hydrogen-bond acceptors (Lipinski definition) is 3. The number of para-hydroxylation sites is 2. The average Bonchev–Trinajstić information content (AvgIpc) is 2.90. The number of aromatic amines is 1. The monoisotopic (exact) mass is 280 g/mol. The normalized spacial score (nSPS) is 11.3. The van der Waals surface area contributed by atoms with Gasteiger partial charge in [-0.2, -0.15) is 0 Å². The fraction of sp³-hybridized carbons (Fsp3) is 0. The Labute approximate surface area is 117 Å². The van der Waals surface area contributed by atoms with Crippen LogP contribution in [0.1, 0.15) is 0 Å². The van der Waals surface area contributed by atoms with Crippen molar-refractivity contribution in [1.82, 2.24) is 9.97 Å². The molecule has 0 bridgehead atoms. The van der Waals surface area contributed by atoms with E-state index in [0.29, 0.717) is 16.8 Å². The molecule has 4 rings (SSSR count). The van der Waals surface area contributed by atoms with Gasteiger partial charge in [0.15, 0.2) is 0 Å². The van der Waals surface area contributed by atoms with Crippen molar-refractivity contribution in [3.63, 3.8) is 0 Å². The fourth-order valence-electron chi connectivity index (χ4n) is 2.33. The van der Waals surface area contributed by atoms with E-state index < -0.39 is 11.4 Å². The van der Waals surface area contributed by atoms with Crippen LogP contribution >= 0.6 is 0 Å². The predicted octanol–water partition coefficient (Wildman–Crippen LogP) is 3.48. The summed E-state index contributed by atoms with van der Waals surface area (Å²) in [7, 11) is 0. The second-order valence-corrected chi connectivity index (χ2v) is 4.73. The molecule has 2 heterocycles. The van der Waals surface area contributed by atoms with E-state index in [9.17, 15) is 9.18 Å². The molecule has 0 unspecified atom stereocenters. The molecule has 0 aliphatic heterocycles. The molecule has 0 spiro atoms. The minimum absolute atomic E-state index is 0.222. The van der Waals surface area contributed by atoms with E-state index in [0.717, 1.165) is 11.0 Å². The Morgan fingerprint density at radius 1 is 1.10 bits per heavy atom. The summed E-state index contributed by atoms with van der Waals surface area (Å²) in [4.78, 5) is 19.5. The largest absolute Gasteiger partial charge is 0.422 e. The molecule has 4 aromatic rings. The first kappa shape index (κ1) is 11.8. The number of rotatable bonds is 1. The van der Waals surface area contributed by atoms with Crippen molar-refractivity contribution in [1.29, 1.82) is 0 Å². The second kappa shape index (κ2) is 4.28. The van der Waals surface area contributed by atoms with Gasteiger partial charge in [-0.3, -0.25) is 0 Å². The van der Waals surface area contributed by atoms with Gasteiger partial charge >= 0.3 is 5.63 Å². The first-order valence-corrected chi connectivity index (χ1v) is 6.39. The summed E-state index contributed by atoms with van der Waals surface area (Å²) < 4.78 is 18.3. The highest BCUT2D eigenvalue weighted by molar-refractivity contribution is 5.83. The lowest BCUT2D eigenvalue weighted by Gasteiger charge is -1.99. The number of imidazole rings is 1. The molecule has 0 fully saturated rings. The molecule has 102 valence electrons. The van der Waals surface area contributed by atoms with Crippen molar-refractivity contribution in [2.24, 2.45) is 0 Å². The Kier molecular flexibility index (Phi) is 2.41. The highest BCUT2D eigenvalue weighted by atomic mass is 19.1. The van der Waals surface area contributed by atoms with Gasteiger partial charge in [0.1, 0.15) is 22.8 Å². The van der Waals surface area contributed by atoms with Gasteiger partial charge in [-0.05, 0) is 30.3 Å². The maximum atomic E-state index is 13.2. The van der Waals surface area contributed by atoms with Crippen molar-refractivity contribution >= 4 is 22.0 Å². The maximum absolute atomic E-state index is 13.2. The van der Waals surface area contributed by atoms with Crippen LogP contribution < -0.4 is 5.63 Å². The third kappa shape index (κ3) is 1.90. The van der Waals surface area contributed by atoms with Crippen LogP contribution in [0.5, 0.6) is 0 Å². The average molecular weight is 280 g/mol. The number of benzene rings is 2. The Bertz CT molecular complexity index is 1000. The van der Waals surface area contributed by atoms with Crippen LogP contribution in [-0.4, -0.2) is 9.97 Å². The van der Waals surface area contributed by atoms with Gasteiger partial charge in [0.25, 0.3) is 0 Å². The van der Waals surface area contributed by atoms with Gasteiger partial charge in [0, 0.05) is 11.5 Å². The molecule has 0 aliphatic rings. The summed E-state index contributed by atoms with van der Waals surface area (Å²) in [5, 5.41) is 0.645. The number of H-pyrrole nitrogens is 1. The van der Waals surface area contributed by atoms with Crippen molar-refractivity contribution in [3.05, 3.63) is 64.8 Å². The SMILES string of the molecule is O=c1oc2cc(F)ccc2cc1-c1nc2ccccc2[nH]1. The third-order valence-corrected chi connectivity index (χ3v) is 3.34. The standard InChI is InChI=1S/C16H9FN2O2/c17-10-6-5-9-7-11(16(20)21-14(9)8-10)15-18-12-3-1-2-4-13(12)19-15/h1-8H,(H,18,19). The van der Waals surface area contributed by atoms with Gasteiger partial charge < -0.3 is 9.40 Å². The topological polar surface area (TPSA) is 58.9 Å². The predicted molar refractivity (Wildman–Crippen MR) is 77.5 cm³/mol. The van der Waals surface area contributed by atoms with E-state index in [1.54, 1.807) is 12.1 Å². The molecular formula is C16H9FN2O2. The van der Waals surface area contributed by atoms with Crippen LogP contribution in [0.25, 0.3) is 33.4 Å². The second-order valence-electron chi connectivity index (χ2n) is 4.73. The zero-order chi connectivity index (χ0) is 14.4. The minimum Gasteiger partial charge on any atom is -0.422 e. The van der Waals surface area contributed by atoms with Gasteiger partial charge in [-0.1, -0.05) is 12.1 Å². The zero-order valence-electron chi connectivity index (χ0n) is 10.8. The molecular weight excluding hydrogens is 271 g/mol. The molecule has 1 N–H and O–H groups in total. The molecule has 21 heavy (non-hydrogen) atoms. The zero-order valence-corrected chi connectivity index (χ0v) is 10.8. The molecule has 2 aromatic carbocycles. The van der Waals surface area contributed by atoms with Crippen molar-refractivity contribution < 1.29 is 8.81 Å². The van der Waals surface area contributed by atoms with Gasteiger partial charge in [-0.15, -0.1) is 0 Å². The van der Waals surface area contributed by atoms with E-state index in [4.69, 9.17) is 4.42 Å². The highest BCUT2D eigenvalue weighted by Crippen LogP contribution is 2.22. The number of nitrogens with one attached hydrogen (secondary N) is 1. The first-order valence-electron chi connectivity index (χ1n) is 6.39. The number of fused-ring (bicyclic) bond motifs is 2. The fourth-order valence-corrected chi connectivity index (χ4v) is 2.33. The van der Waals surface area contributed by atoms with Crippen LogP contribution in [0, 0.1) is 5.82 Å². The molecule has 0 aliphatic carbocycles. The van der Waals surface area contributed by atoms with Crippen molar-refractivity contribution in [2.45, 2.75) is 0 Å². The molecule has 4 nitrogen and oxygen atoms in total. The van der Waals surface area contributed by atoms with Crippen molar-refractivity contribution in [2.75, 3.05) is 0 Å².